The first-order valence-corrected chi connectivity index (χ1v) is 11.5. The number of nitrogens with zero attached hydrogens (tertiary/aromatic N) is 1. The summed E-state index contributed by atoms with van der Waals surface area (Å²) in [7, 11) is -3.57. The van der Waals surface area contributed by atoms with Gasteiger partial charge in [-0.15, -0.1) is 0 Å². The predicted molar refractivity (Wildman–Crippen MR) is 112 cm³/mol. The number of rotatable bonds is 8. The summed E-state index contributed by atoms with van der Waals surface area (Å²) >= 11 is 0. The van der Waals surface area contributed by atoms with Crippen molar-refractivity contribution < 1.29 is 22.3 Å². The van der Waals surface area contributed by atoms with Crippen molar-refractivity contribution in [1.82, 2.24) is 9.62 Å². The SMILES string of the molecule is Cc1ccc(S(=O)(=O)NCC2CCCN(C(=O)CCOc3ccccc3F)C2)cc1. The fourth-order valence-corrected chi connectivity index (χ4v) is 4.57. The molecule has 0 radical (unpaired) electrons. The van der Waals surface area contributed by atoms with Crippen molar-refractivity contribution in [2.75, 3.05) is 26.2 Å². The Morgan fingerprint density at radius 1 is 1.20 bits per heavy atom. The zero-order valence-electron chi connectivity index (χ0n) is 17.0. The second kappa shape index (κ2) is 10.0. The van der Waals surface area contributed by atoms with Crippen LogP contribution in [0, 0.1) is 18.7 Å². The van der Waals surface area contributed by atoms with E-state index in [4.69, 9.17) is 4.74 Å². The number of ether oxygens (including phenoxy) is 1. The number of amides is 1. The van der Waals surface area contributed by atoms with Crippen molar-refractivity contribution in [3.05, 3.63) is 59.9 Å². The number of halogens is 1. The number of aryl methyl sites for hydroxylation is 1. The fourth-order valence-electron chi connectivity index (χ4n) is 3.45. The molecule has 30 heavy (non-hydrogen) atoms. The Kier molecular flexibility index (Phi) is 7.44. The molecular weight excluding hydrogens is 407 g/mol. The maximum absolute atomic E-state index is 13.6. The number of carbonyl (C=O) groups is 1. The molecule has 2 aromatic rings. The molecule has 0 spiro atoms. The quantitative estimate of drug-likeness (QED) is 0.693. The third-order valence-corrected chi connectivity index (χ3v) is 6.61. The molecule has 1 N–H and O–H groups in total. The molecule has 6 nitrogen and oxygen atoms in total. The first kappa shape index (κ1) is 22.2. The number of hydrogen-bond acceptors (Lipinski definition) is 4. The Balaban J connectivity index is 1.47. The van der Waals surface area contributed by atoms with Gasteiger partial charge in [0.1, 0.15) is 0 Å². The molecule has 2 aromatic carbocycles. The number of para-hydroxylation sites is 1. The number of nitrogens with one attached hydrogen (secondary N) is 1. The number of benzene rings is 2. The van der Waals surface area contributed by atoms with E-state index < -0.39 is 15.8 Å². The van der Waals surface area contributed by atoms with Crippen LogP contribution in [0.3, 0.4) is 0 Å². The summed E-state index contributed by atoms with van der Waals surface area (Å²) in [4.78, 5) is 14.5. The van der Waals surface area contributed by atoms with E-state index in [-0.39, 0.29) is 42.0 Å². The van der Waals surface area contributed by atoms with E-state index in [1.165, 1.54) is 12.1 Å². The monoisotopic (exact) mass is 434 g/mol. The summed E-state index contributed by atoms with van der Waals surface area (Å²) in [5.41, 5.74) is 0.995. The lowest BCUT2D eigenvalue weighted by Gasteiger charge is -2.33. The van der Waals surface area contributed by atoms with Gasteiger partial charge >= 0.3 is 0 Å². The third-order valence-electron chi connectivity index (χ3n) is 5.18. The van der Waals surface area contributed by atoms with Crippen molar-refractivity contribution in [1.29, 1.82) is 0 Å². The van der Waals surface area contributed by atoms with Crippen LogP contribution in [-0.4, -0.2) is 45.5 Å². The van der Waals surface area contributed by atoms with Crippen molar-refractivity contribution in [2.45, 2.75) is 31.1 Å². The van der Waals surface area contributed by atoms with Crippen molar-refractivity contribution >= 4 is 15.9 Å². The zero-order valence-corrected chi connectivity index (χ0v) is 17.8. The highest BCUT2D eigenvalue weighted by molar-refractivity contribution is 7.89. The normalized spacial score (nSPS) is 17.0. The lowest BCUT2D eigenvalue weighted by Crippen LogP contribution is -2.44. The molecule has 3 rings (SSSR count). The van der Waals surface area contributed by atoms with E-state index in [1.54, 1.807) is 41.3 Å². The molecule has 8 heteroatoms. The molecule has 1 aliphatic rings. The summed E-state index contributed by atoms with van der Waals surface area (Å²) in [5, 5.41) is 0. The standard InChI is InChI=1S/C22H27FN2O4S/c1-17-8-10-19(11-9-17)30(27,28)24-15-18-5-4-13-25(16-18)22(26)12-14-29-21-7-3-2-6-20(21)23/h2-3,6-11,18,24H,4-5,12-16H2,1H3. The molecule has 1 fully saturated rings. The summed E-state index contributed by atoms with van der Waals surface area (Å²) in [6.07, 6.45) is 1.82. The smallest absolute Gasteiger partial charge is 0.240 e. The van der Waals surface area contributed by atoms with Gasteiger partial charge in [-0.3, -0.25) is 4.79 Å². The lowest BCUT2D eigenvalue weighted by atomic mass is 9.98. The number of likely N-dealkylation sites (tertiary alicyclic amines) is 1. The predicted octanol–water partition coefficient (Wildman–Crippen LogP) is 3.12. The van der Waals surface area contributed by atoms with Gasteiger partial charge in [0.05, 0.1) is 17.9 Å². The van der Waals surface area contributed by atoms with E-state index >= 15 is 0 Å². The van der Waals surface area contributed by atoms with Gasteiger partial charge in [0.25, 0.3) is 0 Å². The summed E-state index contributed by atoms with van der Waals surface area (Å²) in [6.45, 7) is 3.42. The van der Waals surface area contributed by atoms with Crippen LogP contribution < -0.4 is 9.46 Å². The van der Waals surface area contributed by atoms with Crippen LogP contribution in [0.1, 0.15) is 24.8 Å². The second-order valence-electron chi connectivity index (χ2n) is 7.54. The third kappa shape index (κ3) is 6.03. The highest BCUT2D eigenvalue weighted by Gasteiger charge is 2.25. The van der Waals surface area contributed by atoms with E-state index in [0.717, 1.165) is 18.4 Å². The average Bonchev–Trinajstić information content (AvgIpc) is 2.74. The minimum atomic E-state index is -3.57. The van der Waals surface area contributed by atoms with Gasteiger partial charge in [-0.25, -0.2) is 17.5 Å². The van der Waals surface area contributed by atoms with Crippen LogP contribution in [0.2, 0.25) is 0 Å². The Labute approximate surface area is 177 Å². The van der Waals surface area contributed by atoms with Crippen molar-refractivity contribution in [2.24, 2.45) is 5.92 Å². The Bertz CT molecular complexity index is 963. The van der Waals surface area contributed by atoms with Gasteiger partial charge in [0, 0.05) is 19.6 Å². The molecule has 0 aliphatic carbocycles. The molecular formula is C22H27FN2O4S. The Morgan fingerprint density at radius 3 is 2.67 bits per heavy atom. The van der Waals surface area contributed by atoms with Crippen LogP contribution in [0.5, 0.6) is 5.75 Å². The molecule has 1 heterocycles. The summed E-state index contributed by atoms with van der Waals surface area (Å²) in [6, 6.07) is 12.8. The number of hydrogen-bond donors (Lipinski definition) is 1. The molecule has 0 saturated carbocycles. The van der Waals surface area contributed by atoms with Crippen molar-refractivity contribution in [3.63, 3.8) is 0 Å². The molecule has 0 bridgehead atoms. The minimum absolute atomic E-state index is 0.0513. The van der Waals surface area contributed by atoms with Crippen LogP contribution in [-0.2, 0) is 14.8 Å². The molecule has 162 valence electrons. The number of sulfonamides is 1. The van der Waals surface area contributed by atoms with Gasteiger partial charge in [0.2, 0.25) is 15.9 Å². The summed E-state index contributed by atoms with van der Waals surface area (Å²) in [5.74, 6) is -0.344. The second-order valence-corrected chi connectivity index (χ2v) is 9.31. The van der Waals surface area contributed by atoms with E-state index in [2.05, 4.69) is 4.72 Å². The van der Waals surface area contributed by atoms with Crippen LogP contribution >= 0.6 is 0 Å². The van der Waals surface area contributed by atoms with Gasteiger partial charge in [-0.2, -0.15) is 0 Å². The van der Waals surface area contributed by atoms with Gasteiger partial charge < -0.3 is 9.64 Å². The highest BCUT2D eigenvalue weighted by Crippen LogP contribution is 2.19. The van der Waals surface area contributed by atoms with Crippen LogP contribution in [0.15, 0.2) is 53.4 Å². The van der Waals surface area contributed by atoms with Gasteiger partial charge in [-0.1, -0.05) is 29.8 Å². The minimum Gasteiger partial charge on any atom is -0.490 e. The fraction of sp³-hybridized carbons (Fsp3) is 0.409. The molecule has 1 aliphatic heterocycles. The van der Waals surface area contributed by atoms with Gasteiger partial charge in [-0.05, 0) is 49.9 Å². The molecule has 1 atom stereocenters. The van der Waals surface area contributed by atoms with Gasteiger partial charge in [0.15, 0.2) is 11.6 Å². The summed E-state index contributed by atoms with van der Waals surface area (Å²) < 4.78 is 46.5. The number of piperidine rings is 1. The zero-order chi connectivity index (χ0) is 21.6. The average molecular weight is 435 g/mol. The first-order chi connectivity index (χ1) is 14.3. The lowest BCUT2D eigenvalue weighted by molar-refractivity contribution is -0.133. The topological polar surface area (TPSA) is 75.7 Å². The van der Waals surface area contributed by atoms with Crippen molar-refractivity contribution in [3.8, 4) is 5.75 Å². The largest absolute Gasteiger partial charge is 0.490 e. The van der Waals surface area contributed by atoms with Crippen LogP contribution in [0.4, 0.5) is 4.39 Å². The maximum atomic E-state index is 13.6. The molecule has 1 saturated heterocycles. The number of carbonyl (C=O) groups excluding carboxylic acids is 1. The Morgan fingerprint density at radius 2 is 1.93 bits per heavy atom. The molecule has 1 unspecified atom stereocenters. The van der Waals surface area contributed by atoms with E-state index in [9.17, 15) is 17.6 Å². The van der Waals surface area contributed by atoms with E-state index in [0.29, 0.717) is 13.1 Å². The molecule has 1 amide bonds. The maximum Gasteiger partial charge on any atom is 0.240 e. The van der Waals surface area contributed by atoms with E-state index in [1.807, 2.05) is 6.92 Å². The Hall–Kier alpha value is -2.45. The highest BCUT2D eigenvalue weighted by atomic mass is 32.2. The van der Waals surface area contributed by atoms with Crippen LogP contribution in [0.25, 0.3) is 0 Å². The first-order valence-electron chi connectivity index (χ1n) is 10.1. The molecule has 0 aromatic heterocycles.